The van der Waals surface area contributed by atoms with E-state index in [9.17, 15) is 4.79 Å². The Hall–Kier alpha value is -2.42. The highest BCUT2D eigenvalue weighted by Gasteiger charge is 2.14. The number of benzene rings is 2. The molecular weight excluding hydrogens is 308 g/mol. The lowest BCUT2D eigenvalue weighted by atomic mass is 9.87. The minimum Gasteiger partial charge on any atom is -0.267 e. The molecule has 0 saturated carbocycles. The number of amides is 1. The van der Waals surface area contributed by atoms with Gasteiger partial charge in [-0.2, -0.15) is 5.10 Å². The normalized spacial score (nSPS) is 12.4. The lowest BCUT2D eigenvalue weighted by Gasteiger charge is -2.19. The van der Waals surface area contributed by atoms with Crippen molar-refractivity contribution >= 4 is 12.1 Å². The summed E-state index contributed by atoms with van der Waals surface area (Å²) >= 11 is 0. The first kappa shape index (κ1) is 18.9. The van der Waals surface area contributed by atoms with Gasteiger partial charge in [0.2, 0.25) is 0 Å². The van der Waals surface area contributed by atoms with Crippen LogP contribution in [0.1, 0.15) is 68.6 Å². The Morgan fingerprint density at radius 2 is 1.24 bits per heavy atom. The Labute approximate surface area is 151 Å². The number of hydrazone groups is 1. The molecule has 1 amide bonds. The van der Waals surface area contributed by atoms with Gasteiger partial charge in [-0.3, -0.25) is 4.79 Å². The van der Waals surface area contributed by atoms with Crippen LogP contribution in [0.4, 0.5) is 0 Å². The van der Waals surface area contributed by atoms with Gasteiger partial charge in [0.15, 0.2) is 0 Å². The molecule has 0 fully saturated rings. The highest BCUT2D eigenvalue weighted by Crippen LogP contribution is 2.22. The lowest BCUT2D eigenvalue weighted by molar-refractivity contribution is 0.0955. The Balaban J connectivity index is 1.98. The first-order valence-electron chi connectivity index (χ1n) is 8.62. The zero-order valence-electron chi connectivity index (χ0n) is 16.1. The summed E-state index contributed by atoms with van der Waals surface area (Å²) in [5.74, 6) is -0.206. The van der Waals surface area contributed by atoms with Gasteiger partial charge in [-0.25, -0.2) is 5.43 Å². The van der Waals surface area contributed by atoms with Gasteiger partial charge in [-0.1, -0.05) is 77.9 Å². The van der Waals surface area contributed by atoms with Gasteiger partial charge in [0, 0.05) is 5.56 Å². The second-order valence-electron chi connectivity index (χ2n) is 8.40. The monoisotopic (exact) mass is 336 g/mol. The van der Waals surface area contributed by atoms with Crippen LogP contribution in [0.15, 0.2) is 53.6 Å². The van der Waals surface area contributed by atoms with Gasteiger partial charge in [-0.05, 0) is 39.7 Å². The molecule has 3 heteroatoms. The van der Waals surface area contributed by atoms with E-state index in [0.29, 0.717) is 5.56 Å². The smallest absolute Gasteiger partial charge is 0.267 e. The summed E-state index contributed by atoms with van der Waals surface area (Å²) in [6.07, 6.45) is 1.66. The fourth-order valence-electron chi connectivity index (χ4n) is 2.42. The largest absolute Gasteiger partial charge is 0.271 e. The molecule has 0 spiro atoms. The first-order chi connectivity index (χ1) is 11.6. The van der Waals surface area contributed by atoms with E-state index < -0.39 is 0 Å². The molecule has 132 valence electrons. The fourth-order valence-corrected chi connectivity index (χ4v) is 2.42. The highest BCUT2D eigenvalue weighted by molar-refractivity contribution is 5.94. The molecule has 0 radical (unpaired) electrons. The molecule has 0 saturated heterocycles. The Morgan fingerprint density at radius 1 is 0.800 bits per heavy atom. The summed E-state index contributed by atoms with van der Waals surface area (Å²) < 4.78 is 0. The molecule has 0 aliphatic rings. The zero-order valence-corrected chi connectivity index (χ0v) is 16.1. The van der Waals surface area contributed by atoms with Crippen molar-refractivity contribution in [1.82, 2.24) is 5.43 Å². The van der Waals surface area contributed by atoms with Gasteiger partial charge >= 0.3 is 0 Å². The van der Waals surface area contributed by atoms with Crippen LogP contribution < -0.4 is 5.43 Å². The van der Waals surface area contributed by atoms with Crippen LogP contribution in [0, 0.1) is 0 Å². The van der Waals surface area contributed by atoms with Crippen LogP contribution in [-0.2, 0) is 10.8 Å². The van der Waals surface area contributed by atoms with E-state index in [-0.39, 0.29) is 16.7 Å². The topological polar surface area (TPSA) is 41.5 Å². The maximum atomic E-state index is 12.2. The van der Waals surface area contributed by atoms with Crippen molar-refractivity contribution in [1.29, 1.82) is 0 Å². The maximum Gasteiger partial charge on any atom is 0.271 e. The molecule has 3 nitrogen and oxygen atoms in total. The first-order valence-corrected chi connectivity index (χ1v) is 8.62. The van der Waals surface area contributed by atoms with Crippen LogP contribution in [0.25, 0.3) is 0 Å². The summed E-state index contributed by atoms with van der Waals surface area (Å²) in [4.78, 5) is 12.2. The third kappa shape index (κ3) is 5.28. The van der Waals surface area contributed by atoms with Crippen molar-refractivity contribution in [3.63, 3.8) is 0 Å². The molecule has 2 rings (SSSR count). The minimum absolute atomic E-state index is 0.0758. The number of nitrogens with zero attached hydrogens (tertiary/aromatic N) is 1. The molecule has 25 heavy (non-hydrogen) atoms. The molecule has 1 N–H and O–H groups in total. The molecule has 0 aliphatic heterocycles. The molecule has 0 aliphatic carbocycles. The van der Waals surface area contributed by atoms with E-state index in [1.165, 1.54) is 11.1 Å². The summed E-state index contributed by atoms with van der Waals surface area (Å²) in [5.41, 5.74) is 6.82. The highest BCUT2D eigenvalue weighted by atomic mass is 16.2. The van der Waals surface area contributed by atoms with Gasteiger partial charge < -0.3 is 0 Å². The summed E-state index contributed by atoms with van der Waals surface area (Å²) in [6, 6.07) is 15.9. The predicted molar refractivity (Wildman–Crippen MR) is 105 cm³/mol. The van der Waals surface area contributed by atoms with Gasteiger partial charge in [0.05, 0.1) is 6.21 Å². The number of carbonyl (C=O) groups excluding carboxylic acids is 1. The molecule has 0 atom stereocenters. The molecule has 2 aromatic rings. The Bertz CT molecular complexity index is 743. The SMILES string of the molecule is CC(C)(C)c1ccc(/C=N/NC(=O)c2ccc(C(C)(C)C)cc2)cc1. The van der Waals surface area contributed by atoms with Crippen molar-refractivity contribution in [3.05, 3.63) is 70.8 Å². The van der Waals surface area contributed by atoms with Crippen molar-refractivity contribution in [2.24, 2.45) is 5.10 Å². The number of carbonyl (C=O) groups is 1. The number of hydrogen-bond donors (Lipinski definition) is 1. The van der Waals surface area contributed by atoms with Crippen LogP contribution in [0.3, 0.4) is 0 Å². The second kappa shape index (κ2) is 7.22. The summed E-state index contributed by atoms with van der Waals surface area (Å²) in [6.45, 7) is 13.0. The fraction of sp³-hybridized carbons (Fsp3) is 0.364. The average Bonchev–Trinajstić information content (AvgIpc) is 2.54. The van der Waals surface area contributed by atoms with Gasteiger partial charge in [-0.15, -0.1) is 0 Å². The van der Waals surface area contributed by atoms with Crippen molar-refractivity contribution in [2.75, 3.05) is 0 Å². The van der Waals surface area contributed by atoms with Crippen LogP contribution in [0.5, 0.6) is 0 Å². The summed E-state index contributed by atoms with van der Waals surface area (Å²) in [7, 11) is 0. The van der Waals surface area contributed by atoms with Crippen molar-refractivity contribution in [2.45, 2.75) is 52.4 Å². The number of hydrogen-bond acceptors (Lipinski definition) is 2. The number of nitrogens with one attached hydrogen (secondary N) is 1. The van der Waals surface area contributed by atoms with E-state index in [2.05, 4.69) is 64.2 Å². The Morgan fingerprint density at radius 3 is 1.68 bits per heavy atom. The van der Waals surface area contributed by atoms with Crippen LogP contribution in [-0.4, -0.2) is 12.1 Å². The van der Waals surface area contributed by atoms with E-state index >= 15 is 0 Å². The third-order valence-corrected chi connectivity index (χ3v) is 4.17. The molecular formula is C22H28N2O. The molecule has 0 heterocycles. The van der Waals surface area contributed by atoms with Crippen LogP contribution in [0.2, 0.25) is 0 Å². The molecule has 0 bridgehead atoms. The zero-order chi connectivity index (χ0) is 18.7. The standard InChI is InChI=1S/C22H28N2O/c1-21(2,3)18-11-7-16(8-12-18)15-23-24-20(25)17-9-13-19(14-10-17)22(4,5)6/h7-15H,1-6H3,(H,24,25)/b23-15+. The quantitative estimate of drug-likeness (QED) is 0.619. The van der Waals surface area contributed by atoms with E-state index in [4.69, 9.17) is 0 Å². The maximum absolute atomic E-state index is 12.2. The average molecular weight is 336 g/mol. The van der Waals surface area contributed by atoms with Crippen LogP contribution >= 0.6 is 0 Å². The summed E-state index contributed by atoms with van der Waals surface area (Å²) in [5, 5.41) is 4.06. The van der Waals surface area contributed by atoms with E-state index in [1.54, 1.807) is 6.21 Å². The lowest BCUT2D eigenvalue weighted by Crippen LogP contribution is -2.18. The second-order valence-corrected chi connectivity index (χ2v) is 8.40. The predicted octanol–water partition coefficient (Wildman–Crippen LogP) is 5.05. The van der Waals surface area contributed by atoms with E-state index in [1.807, 2.05) is 36.4 Å². The van der Waals surface area contributed by atoms with Gasteiger partial charge in [0.1, 0.15) is 0 Å². The number of rotatable bonds is 3. The van der Waals surface area contributed by atoms with E-state index in [0.717, 1.165) is 5.56 Å². The Kier molecular flexibility index (Phi) is 5.46. The van der Waals surface area contributed by atoms with Gasteiger partial charge in [0.25, 0.3) is 5.91 Å². The molecule has 0 aromatic heterocycles. The molecule has 0 unspecified atom stereocenters. The van der Waals surface area contributed by atoms with Crippen molar-refractivity contribution < 1.29 is 4.79 Å². The minimum atomic E-state index is -0.206. The third-order valence-electron chi connectivity index (χ3n) is 4.17. The van der Waals surface area contributed by atoms with Crippen molar-refractivity contribution in [3.8, 4) is 0 Å². The molecule has 2 aromatic carbocycles.